The van der Waals surface area contributed by atoms with Crippen molar-refractivity contribution < 1.29 is 9.53 Å². The topological polar surface area (TPSA) is 55.6 Å². The van der Waals surface area contributed by atoms with E-state index >= 15 is 0 Å². The van der Waals surface area contributed by atoms with E-state index in [0.717, 1.165) is 32.4 Å². The van der Waals surface area contributed by atoms with E-state index in [1.165, 1.54) is 0 Å². The lowest BCUT2D eigenvalue weighted by Crippen LogP contribution is -2.42. The Morgan fingerprint density at radius 1 is 1.62 bits per heavy atom. The number of carbonyl (C=O) groups excluding carboxylic acids is 1. The number of hydrogen-bond acceptors (Lipinski definition) is 3. The van der Waals surface area contributed by atoms with Gasteiger partial charge in [0.15, 0.2) is 0 Å². The number of piperidine rings is 1. The van der Waals surface area contributed by atoms with Gasteiger partial charge in [-0.15, -0.1) is 0 Å². The Bertz CT molecular complexity index is 221. The van der Waals surface area contributed by atoms with E-state index in [0.29, 0.717) is 18.9 Å². The van der Waals surface area contributed by atoms with E-state index in [4.69, 9.17) is 10.5 Å². The normalized spacial score (nSPS) is 23.2. The average molecular weight is 228 g/mol. The number of nitrogens with zero attached hydrogens (tertiary/aromatic N) is 1. The zero-order chi connectivity index (χ0) is 12.0. The van der Waals surface area contributed by atoms with Gasteiger partial charge in [0, 0.05) is 26.6 Å². The van der Waals surface area contributed by atoms with Gasteiger partial charge in [-0.05, 0) is 31.7 Å². The highest BCUT2D eigenvalue weighted by molar-refractivity contribution is 5.76. The first-order valence-corrected chi connectivity index (χ1v) is 6.18. The Kier molecular flexibility index (Phi) is 5.77. The highest BCUT2D eigenvalue weighted by atomic mass is 16.5. The summed E-state index contributed by atoms with van der Waals surface area (Å²) in [6.07, 6.45) is 3.86. The lowest BCUT2D eigenvalue weighted by molar-refractivity contribution is -0.135. The minimum absolute atomic E-state index is 0.227. The van der Waals surface area contributed by atoms with Gasteiger partial charge >= 0.3 is 0 Å². The fourth-order valence-corrected chi connectivity index (χ4v) is 2.00. The van der Waals surface area contributed by atoms with Crippen LogP contribution in [0.15, 0.2) is 0 Å². The van der Waals surface area contributed by atoms with Gasteiger partial charge in [-0.3, -0.25) is 4.79 Å². The van der Waals surface area contributed by atoms with Crippen LogP contribution in [0.3, 0.4) is 0 Å². The molecule has 0 radical (unpaired) electrons. The molecule has 0 aliphatic carbocycles. The zero-order valence-corrected chi connectivity index (χ0v) is 10.4. The Balaban J connectivity index is 2.30. The second-order valence-corrected chi connectivity index (χ2v) is 4.72. The molecule has 1 aliphatic heterocycles. The summed E-state index contributed by atoms with van der Waals surface area (Å²) in [7, 11) is 1.72. The Hall–Kier alpha value is -0.610. The third-order valence-electron chi connectivity index (χ3n) is 3.32. The summed E-state index contributed by atoms with van der Waals surface area (Å²) in [5.74, 6) is 0.689. The van der Waals surface area contributed by atoms with Crippen LogP contribution in [-0.4, -0.2) is 43.7 Å². The van der Waals surface area contributed by atoms with Crippen molar-refractivity contribution in [2.75, 3.05) is 26.7 Å². The van der Waals surface area contributed by atoms with Crippen LogP contribution in [-0.2, 0) is 9.53 Å². The third-order valence-corrected chi connectivity index (χ3v) is 3.32. The number of ether oxygens (including phenoxy) is 1. The van der Waals surface area contributed by atoms with Crippen LogP contribution >= 0.6 is 0 Å². The molecular formula is C12H24N2O2. The fourth-order valence-electron chi connectivity index (χ4n) is 2.00. The van der Waals surface area contributed by atoms with E-state index in [1.54, 1.807) is 7.11 Å². The number of methoxy groups -OCH3 is 1. The first kappa shape index (κ1) is 13.5. The molecule has 94 valence electrons. The molecule has 4 heteroatoms. The van der Waals surface area contributed by atoms with Gasteiger partial charge in [-0.1, -0.05) is 6.92 Å². The summed E-state index contributed by atoms with van der Waals surface area (Å²) < 4.78 is 5.30. The number of hydrogen-bond donors (Lipinski definition) is 1. The second-order valence-electron chi connectivity index (χ2n) is 4.72. The summed E-state index contributed by atoms with van der Waals surface area (Å²) >= 11 is 0. The SMILES string of the molecule is COC1CCCN(C(=O)CCC(C)CN)C1. The van der Waals surface area contributed by atoms with Crippen molar-refractivity contribution in [3.8, 4) is 0 Å². The van der Waals surface area contributed by atoms with Gasteiger partial charge in [0.2, 0.25) is 5.91 Å². The number of carbonyl (C=O) groups is 1. The quantitative estimate of drug-likeness (QED) is 0.763. The molecule has 1 amide bonds. The van der Waals surface area contributed by atoms with Crippen LogP contribution in [0, 0.1) is 5.92 Å². The molecule has 0 aromatic rings. The van der Waals surface area contributed by atoms with Crippen molar-refractivity contribution in [2.24, 2.45) is 11.7 Å². The Morgan fingerprint density at radius 2 is 2.38 bits per heavy atom. The van der Waals surface area contributed by atoms with Gasteiger partial charge in [-0.25, -0.2) is 0 Å². The van der Waals surface area contributed by atoms with Gasteiger partial charge in [0.25, 0.3) is 0 Å². The molecule has 2 atom stereocenters. The monoisotopic (exact) mass is 228 g/mol. The molecule has 0 saturated carbocycles. The fraction of sp³-hybridized carbons (Fsp3) is 0.917. The molecule has 1 fully saturated rings. The average Bonchev–Trinajstić information content (AvgIpc) is 2.35. The standard InChI is InChI=1S/C12H24N2O2/c1-10(8-13)5-6-12(15)14-7-3-4-11(9-14)16-2/h10-11H,3-9,13H2,1-2H3. The molecule has 2 N–H and O–H groups in total. The second kappa shape index (κ2) is 6.86. The molecule has 1 heterocycles. The summed E-state index contributed by atoms with van der Waals surface area (Å²) in [6.45, 7) is 4.39. The maximum absolute atomic E-state index is 11.9. The van der Waals surface area contributed by atoms with E-state index < -0.39 is 0 Å². The summed E-state index contributed by atoms with van der Waals surface area (Å²) in [5, 5.41) is 0. The molecule has 1 rings (SSSR count). The van der Waals surface area contributed by atoms with Crippen LogP contribution < -0.4 is 5.73 Å². The van der Waals surface area contributed by atoms with Crippen molar-refractivity contribution in [1.29, 1.82) is 0 Å². The first-order chi connectivity index (χ1) is 7.67. The maximum atomic E-state index is 11.9. The van der Waals surface area contributed by atoms with Crippen LogP contribution in [0.25, 0.3) is 0 Å². The predicted molar refractivity (Wildman–Crippen MR) is 64.1 cm³/mol. The van der Waals surface area contributed by atoms with E-state index in [2.05, 4.69) is 6.92 Å². The lowest BCUT2D eigenvalue weighted by atomic mass is 10.0. The smallest absolute Gasteiger partial charge is 0.222 e. The lowest BCUT2D eigenvalue weighted by Gasteiger charge is -2.32. The molecule has 2 unspecified atom stereocenters. The van der Waals surface area contributed by atoms with Crippen LogP contribution in [0.4, 0.5) is 0 Å². The van der Waals surface area contributed by atoms with E-state index in [-0.39, 0.29) is 12.0 Å². The molecule has 1 aliphatic rings. The summed E-state index contributed by atoms with van der Waals surface area (Å²) in [6, 6.07) is 0. The largest absolute Gasteiger partial charge is 0.380 e. The van der Waals surface area contributed by atoms with Crippen LogP contribution in [0.2, 0.25) is 0 Å². The van der Waals surface area contributed by atoms with Gasteiger partial charge in [0.1, 0.15) is 0 Å². The first-order valence-electron chi connectivity index (χ1n) is 6.18. The predicted octanol–water partition coefficient (Wildman–Crippen LogP) is 0.999. The molecular weight excluding hydrogens is 204 g/mol. The van der Waals surface area contributed by atoms with Crippen molar-refractivity contribution in [3.05, 3.63) is 0 Å². The van der Waals surface area contributed by atoms with Gasteiger partial charge < -0.3 is 15.4 Å². The van der Waals surface area contributed by atoms with Crippen molar-refractivity contribution in [3.63, 3.8) is 0 Å². The molecule has 16 heavy (non-hydrogen) atoms. The summed E-state index contributed by atoms with van der Waals surface area (Å²) in [4.78, 5) is 13.8. The van der Waals surface area contributed by atoms with Crippen LogP contribution in [0.5, 0.6) is 0 Å². The number of rotatable bonds is 5. The van der Waals surface area contributed by atoms with Gasteiger partial charge in [0.05, 0.1) is 6.10 Å². The van der Waals surface area contributed by atoms with Crippen molar-refractivity contribution in [1.82, 2.24) is 4.90 Å². The molecule has 1 saturated heterocycles. The highest BCUT2D eigenvalue weighted by Gasteiger charge is 2.23. The Labute approximate surface area is 98.1 Å². The van der Waals surface area contributed by atoms with E-state index in [1.807, 2.05) is 4.90 Å². The Morgan fingerprint density at radius 3 is 3.00 bits per heavy atom. The van der Waals surface area contributed by atoms with Crippen molar-refractivity contribution >= 4 is 5.91 Å². The number of likely N-dealkylation sites (tertiary alicyclic amines) is 1. The third kappa shape index (κ3) is 4.10. The minimum Gasteiger partial charge on any atom is -0.380 e. The molecule has 0 bridgehead atoms. The van der Waals surface area contributed by atoms with Crippen LogP contribution in [0.1, 0.15) is 32.6 Å². The number of nitrogens with two attached hydrogens (primary N) is 1. The zero-order valence-electron chi connectivity index (χ0n) is 10.4. The molecule has 0 spiro atoms. The highest BCUT2D eigenvalue weighted by Crippen LogP contribution is 2.15. The summed E-state index contributed by atoms with van der Waals surface area (Å²) in [5.41, 5.74) is 5.54. The van der Waals surface area contributed by atoms with E-state index in [9.17, 15) is 4.79 Å². The van der Waals surface area contributed by atoms with Crippen molar-refractivity contribution in [2.45, 2.75) is 38.7 Å². The maximum Gasteiger partial charge on any atom is 0.222 e. The molecule has 0 aromatic carbocycles. The molecule has 0 aromatic heterocycles. The van der Waals surface area contributed by atoms with Gasteiger partial charge in [-0.2, -0.15) is 0 Å². The minimum atomic E-state index is 0.227. The number of amides is 1. The molecule has 4 nitrogen and oxygen atoms in total.